The molecule has 1 aromatic heterocycles. The van der Waals surface area contributed by atoms with Gasteiger partial charge in [0, 0.05) is 6.08 Å². The molecule has 1 N–H and O–H groups in total. The summed E-state index contributed by atoms with van der Waals surface area (Å²) in [6, 6.07) is 11.5. The number of hydrogen-bond donors (Lipinski definition) is 1. The summed E-state index contributed by atoms with van der Waals surface area (Å²) in [7, 11) is 0. The number of rotatable bonds is 6. The molecule has 6 nitrogen and oxygen atoms in total. The van der Waals surface area contributed by atoms with Crippen molar-refractivity contribution in [3.63, 3.8) is 0 Å². The summed E-state index contributed by atoms with van der Waals surface area (Å²) in [6.45, 7) is 2.05. The van der Waals surface area contributed by atoms with Crippen LogP contribution in [0.3, 0.4) is 0 Å². The van der Waals surface area contributed by atoms with Crippen LogP contribution in [0.4, 0.5) is 0 Å². The number of amides is 1. The first-order valence-electron chi connectivity index (χ1n) is 7.34. The van der Waals surface area contributed by atoms with Crippen LogP contribution in [0.1, 0.15) is 37.2 Å². The first kappa shape index (κ1) is 16.3. The van der Waals surface area contributed by atoms with Crippen LogP contribution in [-0.2, 0) is 4.79 Å². The van der Waals surface area contributed by atoms with Crippen molar-refractivity contribution in [1.29, 1.82) is 5.26 Å². The highest BCUT2D eigenvalue weighted by Crippen LogP contribution is 2.18. The Labute approximate surface area is 134 Å². The number of nitriles is 1. The minimum absolute atomic E-state index is 0.0340. The number of benzene rings is 1. The molecular weight excluding hydrogens is 290 g/mol. The topological polar surface area (TPSA) is 91.6 Å². The Morgan fingerprint density at radius 2 is 2.00 bits per heavy atom. The lowest BCUT2D eigenvalue weighted by atomic mass is 10.0. The summed E-state index contributed by atoms with van der Waals surface area (Å²) in [5, 5.41) is 12.1. The molecule has 2 aromatic rings. The molecule has 23 heavy (non-hydrogen) atoms. The minimum Gasteiger partial charge on any atom is -0.345 e. The highest BCUT2D eigenvalue weighted by atomic mass is 16.1. The fourth-order valence-electron chi connectivity index (χ4n) is 2.13. The van der Waals surface area contributed by atoms with Gasteiger partial charge in [-0.1, -0.05) is 43.7 Å². The van der Waals surface area contributed by atoms with Crippen molar-refractivity contribution in [2.75, 3.05) is 0 Å². The van der Waals surface area contributed by atoms with Crippen LogP contribution in [0, 0.1) is 11.3 Å². The zero-order chi connectivity index (χ0) is 16.5. The molecule has 1 aromatic carbocycles. The number of nitrogens with one attached hydrogen (secondary N) is 1. The summed E-state index contributed by atoms with van der Waals surface area (Å²) in [6.07, 6.45) is 5.69. The fourth-order valence-corrected chi connectivity index (χ4v) is 2.13. The molecule has 0 radical (unpaired) electrons. The molecule has 0 aliphatic carbocycles. The number of nitrogens with zero attached hydrogens (tertiary/aromatic N) is 4. The van der Waals surface area contributed by atoms with Crippen LogP contribution >= 0.6 is 0 Å². The highest BCUT2D eigenvalue weighted by Gasteiger charge is 2.17. The second kappa shape index (κ2) is 8.39. The zero-order valence-corrected chi connectivity index (χ0v) is 12.8. The van der Waals surface area contributed by atoms with Gasteiger partial charge in [-0.2, -0.15) is 5.26 Å². The maximum absolute atomic E-state index is 12.4. The second-order valence-corrected chi connectivity index (χ2v) is 4.89. The quantitative estimate of drug-likeness (QED) is 0.653. The lowest BCUT2D eigenvalue weighted by Crippen LogP contribution is -2.29. The molecule has 0 bridgehead atoms. The van der Waals surface area contributed by atoms with E-state index in [4.69, 9.17) is 0 Å². The lowest BCUT2D eigenvalue weighted by molar-refractivity contribution is -0.117. The van der Waals surface area contributed by atoms with E-state index < -0.39 is 5.91 Å². The van der Waals surface area contributed by atoms with Crippen LogP contribution < -0.4 is 5.32 Å². The van der Waals surface area contributed by atoms with Gasteiger partial charge in [-0.25, -0.2) is 15.0 Å². The molecule has 1 heterocycles. The SMILES string of the molecule is CCCC(NC(=O)C(C#N)=Cc1ncncn1)c1ccccc1. The van der Waals surface area contributed by atoms with Crippen LogP contribution in [-0.4, -0.2) is 20.9 Å². The van der Waals surface area contributed by atoms with Gasteiger partial charge in [0.15, 0.2) is 5.82 Å². The Balaban J connectivity index is 2.17. The third-order valence-electron chi connectivity index (χ3n) is 3.24. The first-order valence-corrected chi connectivity index (χ1v) is 7.34. The van der Waals surface area contributed by atoms with E-state index in [1.165, 1.54) is 18.7 Å². The van der Waals surface area contributed by atoms with Gasteiger partial charge < -0.3 is 5.32 Å². The Morgan fingerprint density at radius 1 is 1.30 bits per heavy atom. The monoisotopic (exact) mass is 307 g/mol. The van der Waals surface area contributed by atoms with Gasteiger partial charge >= 0.3 is 0 Å². The van der Waals surface area contributed by atoms with Crippen molar-refractivity contribution < 1.29 is 4.79 Å². The van der Waals surface area contributed by atoms with E-state index in [0.29, 0.717) is 0 Å². The number of aromatic nitrogens is 3. The molecular formula is C17H17N5O. The number of hydrogen-bond acceptors (Lipinski definition) is 5. The van der Waals surface area contributed by atoms with Crippen LogP contribution in [0.25, 0.3) is 6.08 Å². The highest BCUT2D eigenvalue weighted by molar-refractivity contribution is 6.01. The van der Waals surface area contributed by atoms with E-state index in [0.717, 1.165) is 18.4 Å². The van der Waals surface area contributed by atoms with Gasteiger partial charge in [0.1, 0.15) is 24.3 Å². The lowest BCUT2D eigenvalue weighted by Gasteiger charge is -2.18. The smallest absolute Gasteiger partial charge is 0.262 e. The predicted octanol–water partition coefficient (Wildman–Crippen LogP) is 2.44. The maximum Gasteiger partial charge on any atom is 0.262 e. The molecule has 6 heteroatoms. The van der Waals surface area contributed by atoms with E-state index in [2.05, 4.69) is 20.3 Å². The van der Waals surface area contributed by atoms with Gasteiger partial charge in [-0.05, 0) is 12.0 Å². The van der Waals surface area contributed by atoms with Crippen molar-refractivity contribution in [2.24, 2.45) is 0 Å². The van der Waals surface area contributed by atoms with Gasteiger partial charge in [0.2, 0.25) is 0 Å². The maximum atomic E-state index is 12.4. The van der Waals surface area contributed by atoms with Gasteiger partial charge in [-0.3, -0.25) is 4.79 Å². The molecule has 1 atom stereocenters. The molecule has 1 amide bonds. The van der Waals surface area contributed by atoms with Gasteiger partial charge in [-0.15, -0.1) is 0 Å². The molecule has 0 fully saturated rings. The standard InChI is InChI=1S/C17H17N5O/c1-2-6-15(13-7-4-3-5-8-13)22-17(23)14(10-18)9-16-20-11-19-12-21-16/h3-5,7-9,11-12,15H,2,6H2,1H3,(H,22,23). The molecule has 0 aliphatic rings. The minimum atomic E-state index is -0.435. The summed E-state index contributed by atoms with van der Waals surface area (Å²) < 4.78 is 0. The van der Waals surface area contributed by atoms with E-state index in [9.17, 15) is 10.1 Å². The Kier molecular flexibility index (Phi) is 5.95. The van der Waals surface area contributed by atoms with Crippen molar-refractivity contribution in [2.45, 2.75) is 25.8 Å². The van der Waals surface area contributed by atoms with E-state index >= 15 is 0 Å². The van der Waals surface area contributed by atoms with Crippen molar-refractivity contribution in [3.05, 3.63) is 59.9 Å². The molecule has 0 saturated heterocycles. The molecule has 0 spiro atoms. The predicted molar refractivity (Wildman–Crippen MR) is 85.7 cm³/mol. The third-order valence-corrected chi connectivity index (χ3v) is 3.24. The summed E-state index contributed by atoms with van der Waals surface area (Å²) >= 11 is 0. The second-order valence-electron chi connectivity index (χ2n) is 4.89. The van der Waals surface area contributed by atoms with Gasteiger partial charge in [0.25, 0.3) is 5.91 Å². The Hall–Kier alpha value is -3.07. The fraction of sp³-hybridized carbons (Fsp3) is 0.235. The normalized spacial score (nSPS) is 12.3. The molecule has 1 unspecified atom stereocenters. The van der Waals surface area contributed by atoms with Crippen molar-refractivity contribution in [3.8, 4) is 6.07 Å². The number of carbonyl (C=O) groups is 1. The van der Waals surface area contributed by atoms with Crippen molar-refractivity contribution >= 4 is 12.0 Å². The largest absolute Gasteiger partial charge is 0.345 e. The molecule has 0 aliphatic heterocycles. The molecule has 2 rings (SSSR count). The van der Waals surface area contributed by atoms with Crippen LogP contribution in [0.2, 0.25) is 0 Å². The van der Waals surface area contributed by atoms with Crippen LogP contribution in [0.5, 0.6) is 0 Å². The summed E-state index contributed by atoms with van der Waals surface area (Å²) in [4.78, 5) is 23.9. The summed E-state index contributed by atoms with van der Waals surface area (Å²) in [5.41, 5.74) is 0.980. The number of carbonyl (C=O) groups excluding carboxylic acids is 1. The van der Waals surface area contributed by atoms with E-state index in [-0.39, 0.29) is 17.4 Å². The first-order chi connectivity index (χ1) is 11.2. The van der Waals surface area contributed by atoms with E-state index in [1.807, 2.05) is 43.3 Å². The molecule has 116 valence electrons. The third kappa shape index (κ3) is 4.71. The zero-order valence-electron chi connectivity index (χ0n) is 12.8. The average molecular weight is 307 g/mol. The van der Waals surface area contributed by atoms with E-state index in [1.54, 1.807) is 0 Å². The van der Waals surface area contributed by atoms with Crippen molar-refractivity contribution in [1.82, 2.24) is 20.3 Å². The van der Waals surface area contributed by atoms with Crippen LogP contribution in [0.15, 0.2) is 48.6 Å². The summed E-state index contributed by atoms with van der Waals surface area (Å²) in [5.74, 6) is -0.159. The van der Waals surface area contributed by atoms with Gasteiger partial charge in [0.05, 0.1) is 6.04 Å². The average Bonchev–Trinajstić information content (AvgIpc) is 2.61. The molecule has 0 saturated carbocycles. The Bertz CT molecular complexity index is 707. The Morgan fingerprint density at radius 3 is 2.61 bits per heavy atom.